The topological polar surface area (TPSA) is 92.5 Å². The van der Waals surface area contributed by atoms with Crippen LogP contribution in [0.1, 0.15) is 104 Å². The summed E-state index contributed by atoms with van der Waals surface area (Å²) >= 11 is 12.7. The van der Waals surface area contributed by atoms with Crippen LogP contribution in [0.3, 0.4) is 0 Å². The number of carbonyl (C=O) groups excluding carboxylic acids is 2. The van der Waals surface area contributed by atoms with Gasteiger partial charge in [0.25, 0.3) is 5.91 Å². The fraction of sp³-hybridized carbons (Fsp3) is 0.600. The average molecular weight is 631 g/mol. The van der Waals surface area contributed by atoms with Gasteiger partial charge in [-0.1, -0.05) is 44.0 Å². The first kappa shape index (κ1) is 32.3. The SMILES string of the molecule is Cc1cc(Cl)c(C(=O)CN(C(=O)c2cnn([C@H]3CC[C@](C)(C(=O)O)CC3)c2C(F)(F)F)[C@H]2C[C@@H](C(C)(C)C)C2)c(Cl)c1. The largest absolute Gasteiger partial charge is 0.481 e. The van der Waals surface area contributed by atoms with Gasteiger partial charge in [0.05, 0.1) is 45.4 Å². The van der Waals surface area contributed by atoms with Crippen molar-refractivity contribution in [1.29, 1.82) is 0 Å². The van der Waals surface area contributed by atoms with Crippen LogP contribution in [0.4, 0.5) is 13.2 Å². The normalized spacial score (nSPS) is 24.7. The Morgan fingerprint density at radius 1 is 1.10 bits per heavy atom. The molecule has 0 bridgehead atoms. The zero-order valence-corrected chi connectivity index (χ0v) is 25.8. The summed E-state index contributed by atoms with van der Waals surface area (Å²) in [7, 11) is 0. The minimum absolute atomic E-state index is 0.0175. The van der Waals surface area contributed by atoms with Gasteiger partial charge in [-0.3, -0.25) is 19.1 Å². The van der Waals surface area contributed by atoms with Crippen LogP contribution < -0.4 is 0 Å². The second-order valence-electron chi connectivity index (χ2n) is 13.1. The predicted octanol–water partition coefficient (Wildman–Crippen LogP) is 7.87. The third-order valence-corrected chi connectivity index (χ3v) is 9.63. The summed E-state index contributed by atoms with van der Waals surface area (Å²) in [6, 6.07) is 1.96. The van der Waals surface area contributed by atoms with Gasteiger partial charge in [-0.25, -0.2) is 0 Å². The van der Waals surface area contributed by atoms with Crippen molar-refractivity contribution in [2.24, 2.45) is 16.7 Å². The number of halogens is 5. The first-order valence-electron chi connectivity index (χ1n) is 14.0. The van der Waals surface area contributed by atoms with Crippen molar-refractivity contribution in [3.63, 3.8) is 0 Å². The molecule has 1 N–H and O–H groups in total. The molecule has 2 saturated carbocycles. The molecule has 2 aromatic rings. The van der Waals surface area contributed by atoms with E-state index >= 15 is 0 Å². The third-order valence-electron chi connectivity index (χ3n) is 9.03. The third kappa shape index (κ3) is 6.34. The van der Waals surface area contributed by atoms with Crippen molar-refractivity contribution in [3.8, 4) is 0 Å². The Hall–Kier alpha value is -2.59. The lowest BCUT2D eigenvalue weighted by Gasteiger charge is -2.48. The van der Waals surface area contributed by atoms with E-state index in [0.717, 1.165) is 16.4 Å². The molecule has 2 fully saturated rings. The molecule has 0 atom stereocenters. The van der Waals surface area contributed by atoms with Gasteiger partial charge in [0.1, 0.15) is 0 Å². The van der Waals surface area contributed by atoms with Gasteiger partial charge < -0.3 is 10.0 Å². The van der Waals surface area contributed by atoms with Crippen LogP contribution in [0.15, 0.2) is 18.3 Å². The standard InChI is InChI=1S/C30H36Cl2F3N3O4/c1-16-10-21(31)24(22(32)11-16)23(39)15-37(19-12-17(13-19)28(2,3)4)26(40)20-14-36-38(25(20)30(33,34)35)18-6-8-29(5,9-7-18)27(41)42/h10-11,14,17-19H,6-9,12-13,15H2,1-5H3,(H,41,42)/t17-,18-,19+,29-. The zero-order valence-electron chi connectivity index (χ0n) is 24.3. The van der Waals surface area contributed by atoms with Crippen molar-refractivity contribution < 1.29 is 32.7 Å². The number of rotatable bonds is 7. The molecule has 0 unspecified atom stereocenters. The van der Waals surface area contributed by atoms with Crippen LogP contribution in [0.2, 0.25) is 10.0 Å². The molecule has 42 heavy (non-hydrogen) atoms. The van der Waals surface area contributed by atoms with E-state index < -0.39 is 59.1 Å². The van der Waals surface area contributed by atoms with Crippen LogP contribution in [0.5, 0.6) is 0 Å². The maximum atomic E-state index is 14.6. The van der Waals surface area contributed by atoms with Crippen LogP contribution in [0, 0.1) is 23.7 Å². The minimum atomic E-state index is -4.91. The molecule has 2 aliphatic rings. The lowest BCUT2D eigenvalue weighted by atomic mass is 9.65. The highest BCUT2D eigenvalue weighted by molar-refractivity contribution is 6.40. The number of carboxylic acid groups (broad SMARTS) is 1. The van der Waals surface area contributed by atoms with Gasteiger partial charge >= 0.3 is 12.1 Å². The maximum absolute atomic E-state index is 14.6. The molecule has 0 radical (unpaired) electrons. The molecular formula is C30H36Cl2F3N3O4. The molecule has 2 aliphatic carbocycles. The molecule has 1 amide bonds. The van der Waals surface area contributed by atoms with Crippen LogP contribution >= 0.6 is 23.2 Å². The molecule has 12 heteroatoms. The van der Waals surface area contributed by atoms with E-state index in [2.05, 4.69) is 25.9 Å². The van der Waals surface area contributed by atoms with Gasteiger partial charge in [-0.15, -0.1) is 0 Å². The number of hydrogen-bond donors (Lipinski definition) is 1. The number of benzene rings is 1. The van der Waals surface area contributed by atoms with E-state index in [1.165, 1.54) is 4.90 Å². The average Bonchev–Trinajstić information content (AvgIpc) is 3.27. The summed E-state index contributed by atoms with van der Waals surface area (Å²) in [6.45, 7) is 9.02. The minimum Gasteiger partial charge on any atom is -0.481 e. The van der Waals surface area contributed by atoms with Crippen molar-refractivity contribution in [2.45, 2.75) is 91.4 Å². The highest BCUT2D eigenvalue weighted by atomic mass is 35.5. The van der Waals surface area contributed by atoms with Gasteiger partial charge in [0.15, 0.2) is 11.5 Å². The van der Waals surface area contributed by atoms with Crippen molar-refractivity contribution in [2.75, 3.05) is 6.54 Å². The number of carboxylic acids is 1. The Kier molecular flexibility index (Phi) is 8.84. The van der Waals surface area contributed by atoms with Gasteiger partial charge in [-0.2, -0.15) is 18.3 Å². The second kappa shape index (κ2) is 11.5. The highest BCUT2D eigenvalue weighted by Crippen LogP contribution is 2.46. The molecule has 0 aliphatic heterocycles. The lowest BCUT2D eigenvalue weighted by molar-refractivity contribution is -0.152. The molecule has 0 spiro atoms. The van der Waals surface area contributed by atoms with Crippen molar-refractivity contribution in [1.82, 2.24) is 14.7 Å². The van der Waals surface area contributed by atoms with Crippen molar-refractivity contribution in [3.05, 3.63) is 50.8 Å². The summed E-state index contributed by atoms with van der Waals surface area (Å²) < 4.78 is 44.5. The number of aromatic nitrogens is 2. The molecule has 230 valence electrons. The van der Waals surface area contributed by atoms with E-state index in [1.54, 1.807) is 26.0 Å². The number of amides is 1. The summed E-state index contributed by atoms with van der Waals surface area (Å²) in [4.78, 5) is 40.3. The van der Waals surface area contributed by atoms with Crippen LogP contribution in [-0.2, 0) is 11.0 Å². The molecular weight excluding hydrogens is 594 g/mol. The lowest BCUT2D eigenvalue weighted by Crippen LogP contribution is -2.52. The Bertz CT molecular complexity index is 1360. The van der Waals surface area contributed by atoms with E-state index in [-0.39, 0.29) is 52.6 Å². The fourth-order valence-electron chi connectivity index (χ4n) is 6.05. The first-order chi connectivity index (χ1) is 19.3. The second-order valence-corrected chi connectivity index (χ2v) is 13.9. The van der Waals surface area contributed by atoms with Crippen LogP contribution in [0.25, 0.3) is 0 Å². The van der Waals surface area contributed by atoms with E-state index in [9.17, 15) is 32.7 Å². The number of aryl methyl sites for hydroxylation is 1. The highest BCUT2D eigenvalue weighted by Gasteiger charge is 2.47. The molecule has 1 heterocycles. The Morgan fingerprint density at radius 2 is 1.64 bits per heavy atom. The van der Waals surface area contributed by atoms with E-state index in [1.807, 2.05) is 0 Å². The number of nitrogens with zero attached hydrogens (tertiary/aromatic N) is 3. The number of carbonyl (C=O) groups is 3. The van der Waals surface area contributed by atoms with E-state index in [4.69, 9.17) is 23.2 Å². The van der Waals surface area contributed by atoms with Gasteiger partial charge in [0.2, 0.25) is 0 Å². The molecule has 0 saturated heterocycles. The number of alkyl halides is 3. The molecule has 1 aromatic carbocycles. The number of aliphatic carboxylic acids is 1. The summed E-state index contributed by atoms with van der Waals surface area (Å²) in [6.07, 6.45) is -2.23. The fourth-order valence-corrected chi connectivity index (χ4v) is 6.85. The quantitative estimate of drug-likeness (QED) is 0.315. The predicted molar refractivity (Wildman–Crippen MR) is 153 cm³/mol. The van der Waals surface area contributed by atoms with Gasteiger partial charge in [-0.05, 0) is 81.4 Å². The summed E-state index contributed by atoms with van der Waals surface area (Å²) in [5.74, 6) is -2.28. The van der Waals surface area contributed by atoms with E-state index in [0.29, 0.717) is 12.8 Å². The molecule has 4 rings (SSSR count). The summed E-state index contributed by atoms with van der Waals surface area (Å²) in [5, 5.41) is 13.8. The Morgan fingerprint density at radius 3 is 2.12 bits per heavy atom. The first-order valence-corrected chi connectivity index (χ1v) is 14.8. The molecule has 1 aromatic heterocycles. The molecule has 7 nitrogen and oxygen atoms in total. The monoisotopic (exact) mass is 629 g/mol. The van der Waals surface area contributed by atoms with Crippen LogP contribution in [-0.4, -0.2) is 50.0 Å². The zero-order chi connectivity index (χ0) is 31.4. The Balaban J connectivity index is 1.69. The number of ketones is 1. The maximum Gasteiger partial charge on any atom is 0.433 e. The van der Waals surface area contributed by atoms with Gasteiger partial charge in [0, 0.05) is 6.04 Å². The van der Waals surface area contributed by atoms with Crippen molar-refractivity contribution >= 4 is 40.9 Å². The number of hydrogen-bond acceptors (Lipinski definition) is 4. The smallest absolute Gasteiger partial charge is 0.433 e. The Labute approximate surface area is 253 Å². The summed E-state index contributed by atoms with van der Waals surface area (Å²) in [5.41, 5.74) is -2.18. The number of Topliss-reactive ketones (excluding diaryl/α,β-unsaturated/α-hetero) is 1.